The van der Waals surface area contributed by atoms with Crippen molar-refractivity contribution in [3.8, 4) is 0 Å². The van der Waals surface area contributed by atoms with Gasteiger partial charge in [0.2, 0.25) is 5.95 Å². The van der Waals surface area contributed by atoms with Crippen molar-refractivity contribution in [2.75, 3.05) is 36.8 Å². The summed E-state index contributed by atoms with van der Waals surface area (Å²) in [5.74, 6) is 0.452. The molecule has 1 aliphatic rings. The zero-order valence-corrected chi connectivity index (χ0v) is 19.0. The summed E-state index contributed by atoms with van der Waals surface area (Å²) in [6.07, 6.45) is 4.10. The van der Waals surface area contributed by atoms with Crippen LogP contribution in [-0.2, 0) is 0 Å². The molecule has 0 bridgehead atoms. The third-order valence-corrected chi connectivity index (χ3v) is 5.73. The van der Waals surface area contributed by atoms with Gasteiger partial charge in [-0.25, -0.2) is 9.37 Å². The van der Waals surface area contributed by atoms with Crippen LogP contribution in [0.15, 0.2) is 59.2 Å². The van der Waals surface area contributed by atoms with Gasteiger partial charge in [-0.15, -0.1) is 0 Å². The van der Waals surface area contributed by atoms with Gasteiger partial charge < -0.3 is 20.9 Å². The second-order valence-corrected chi connectivity index (χ2v) is 8.39. The first-order valence-corrected chi connectivity index (χ1v) is 11.3. The molecule has 1 aromatic heterocycles. The Morgan fingerprint density at radius 1 is 1.06 bits per heavy atom. The molecule has 1 amide bonds. The molecule has 0 atom stereocenters. The highest BCUT2D eigenvalue weighted by Gasteiger charge is 2.12. The quantitative estimate of drug-likeness (QED) is 0.417. The molecule has 7 nitrogen and oxygen atoms in total. The third-order valence-electron chi connectivity index (χ3n) is 5.15. The largest absolute Gasteiger partial charge is 0.351 e. The Bertz CT molecular complexity index is 1070. The van der Waals surface area contributed by atoms with Crippen molar-refractivity contribution >= 4 is 45.0 Å². The van der Waals surface area contributed by atoms with Crippen LogP contribution in [0.25, 0.3) is 0 Å². The molecule has 2 aromatic carbocycles. The van der Waals surface area contributed by atoms with Gasteiger partial charge in [0.15, 0.2) is 0 Å². The number of hydrogen-bond acceptors (Lipinski definition) is 6. The SMILES string of the molecule is O=C(NCCN1CCCC1)c1ccc(Nc2ncc(Br)c(Nc3cccc(F)c3)n2)cc1. The molecule has 9 heteroatoms. The van der Waals surface area contributed by atoms with Crippen molar-refractivity contribution in [1.82, 2.24) is 20.2 Å². The van der Waals surface area contributed by atoms with Gasteiger partial charge in [-0.05, 0) is 84.3 Å². The maximum Gasteiger partial charge on any atom is 0.251 e. The molecular weight excluding hydrogens is 475 g/mol. The van der Waals surface area contributed by atoms with Gasteiger partial charge in [-0.2, -0.15) is 4.98 Å². The van der Waals surface area contributed by atoms with Crippen LogP contribution in [0, 0.1) is 5.82 Å². The first kappa shape index (κ1) is 22.2. The number of anilines is 4. The smallest absolute Gasteiger partial charge is 0.251 e. The number of aromatic nitrogens is 2. The summed E-state index contributed by atoms with van der Waals surface area (Å²) in [5, 5.41) is 9.16. The summed E-state index contributed by atoms with van der Waals surface area (Å²) >= 11 is 3.40. The Morgan fingerprint density at radius 3 is 2.59 bits per heavy atom. The minimum Gasteiger partial charge on any atom is -0.351 e. The monoisotopic (exact) mass is 498 g/mol. The van der Waals surface area contributed by atoms with Gasteiger partial charge in [0.05, 0.1) is 4.47 Å². The molecule has 0 saturated carbocycles. The van der Waals surface area contributed by atoms with Gasteiger partial charge in [0, 0.05) is 36.2 Å². The lowest BCUT2D eigenvalue weighted by molar-refractivity contribution is 0.0950. The Morgan fingerprint density at radius 2 is 1.84 bits per heavy atom. The fourth-order valence-electron chi connectivity index (χ4n) is 3.49. The summed E-state index contributed by atoms with van der Waals surface area (Å²) in [6, 6.07) is 13.3. The molecule has 2 heterocycles. The molecule has 166 valence electrons. The number of hydrogen-bond donors (Lipinski definition) is 3. The predicted octanol–water partition coefficient (Wildman–Crippen LogP) is 4.69. The van der Waals surface area contributed by atoms with Crippen molar-refractivity contribution in [1.29, 1.82) is 0 Å². The highest BCUT2D eigenvalue weighted by atomic mass is 79.9. The predicted molar refractivity (Wildman–Crippen MR) is 127 cm³/mol. The Hall–Kier alpha value is -3.04. The lowest BCUT2D eigenvalue weighted by Gasteiger charge is -2.14. The molecule has 3 aromatic rings. The van der Waals surface area contributed by atoms with Crippen molar-refractivity contribution in [2.24, 2.45) is 0 Å². The van der Waals surface area contributed by atoms with E-state index in [-0.39, 0.29) is 11.7 Å². The fraction of sp³-hybridized carbons (Fsp3) is 0.261. The minimum atomic E-state index is -0.335. The highest BCUT2D eigenvalue weighted by molar-refractivity contribution is 9.10. The molecule has 0 unspecified atom stereocenters. The molecule has 4 rings (SSSR count). The van der Waals surface area contributed by atoms with Gasteiger partial charge in [0.25, 0.3) is 5.91 Å². The van der Waals surface area contributed by atoms with E-state index < -0.39 is 0 Å². The fourth-order valence-corrected chi connectivity index (χ4v) is 3.78. The molecule has 0 radical (unpaired) electrons. The van der Waals surface area contributed by atoms with Crippen molar-refractivity contribution in [3.63, 3.8) is 0 Å². The van der Waals surface area contributed by atoms with Crippen LogP contribution in [-0.4, -0.2) is 47.0 Å². The summed E-state index contributed by atoms with van der Waals surface area (Å²) < 4.78 is 14.1. The number of benzene rings is 2. The van der Waals surface area contributed by atoms with E-state index in [2.05, 4.69) is 46.7 Å². The number of halogens is 2. The van der Waals surface area contributed by atoms with E-state index in [4.69, 9.17) is 0 Å². The van der Waals surface area contributed by atoms with E-state index in [1.54, 1.807) is 42.6 Å². The Balaban J connectivity index is 1.35. The zero-order chi connectivity index (χ0) is 22.3. The van der Waals surface area contributed by atoms with E-state index in [0.29, 0.717) is 34.0 Å². The number of nitrogens with one attached hydrogen (secondary N) is 3. The van der Waals surface area contributed by atoms with Gasteiger partial charge >= 0.3 is 0 Å². The van der Waals surface area contributed by atoms with E-state index >= 15 is 0 Å². The third kappa shape index (κ3) is 6.02. The molecule has 3 N–H and O–H groups in total. The van der Waals surface area contributed by atoms with Crippen LogP contribution >= 0.6 is 15.9 Å². The average Bonchev–Trinajstić information content (AvgIpc) is 3.30. The van der Waals surface area contributed by atoms with E-state index in [0.717, 1.165) is 25.3 Å². The number of amides is 1. The van der Waals surface area contributed by atoms with Crippen LogP contribution < -0.4 is 16.0 Å². The topological polar surface area (TPSA) is 82.2 Å². The van der Waals surface area contributed by atoms with Crippen LogP contribution in [0.2, 0.25) is 0 Å². The molecule has 1 fully saturated rings. The number of carbonyl (C=O) groups excluding carboxylic acids is 1. The summed E-state index contributed by atoms with van der Waals surface area (Å²) in [6.45, 7) is 3.77. The van der Waals surface area contributed by atoms with E-state index in [1.807, 2.05) is 0 Å². The normalized spacial score (nSPS) is 13.7. The zero-order valence-electron chi connectivity index (χ0n) is 17.4. The first-order chi connectivity index (χ1) is 15.6. The van der Waals surface area contributed by atoms with Crippen LogP contribution in [0.5, 0.6) is 0 Å². The van der Waals surface area contributed by atoms with Gasteiger partial charge in [0.1, 0.15) is 11.6 Å². The Kier molecular flexibility index (Phi) is 7.28. The minimum absolute atomic E-state index is 0.0859. The summed E-state index contributed by atoms with van der Waals surface area (Å²) in [5.41, 5.74) is 1.93. The van der Waals surface area contributed by atoms with Crippen LogP contribution in [0.3, 0.4) is 0 Å². The van der Waals surface area contributed by atoms with Gasteiger partial charge in [-0.3, -0.25) is 4.79 Å². The Labute approximate surface area is 194 Å². The average molecular weight is 499 g/mol. The van der Waals surface area contributed by atoms with Crippen molar-refractivity contribution in [2.45, 2.75) is 12.8 Å². The van der Waals surface area contributed by atoms with Crippen molar-refractivity contribution in [3.05, 3.63) is 70.6 Å². The molecule has 0 spiro atoms. The molecule has 1 saturated heterocycles. The van der Waals surface area contributed by atoms with Crippen LogP contribution in [0.1, 0.15) is 23.2 Å². The van der Waals surface area contributed by atoms with Crippen LogP contribution in [0.4, 0.5) is 27.5 Å². The lowest BCUT2D eigenvalue weighted by Crippen LogP contribution is -2.33. The summed E-state index contributed by atoms with van der Waals surface area (Å²) in [4.78, 5) is 23.4. The van der Waals surface area contributed by atoms with E-state index in [1.165, 1.54) is 25.0 Å². The molecule has 32 heavy (non-hydrogen) atoms. The number of carbonyl (C=O) groups is 1. The second-order valence-electron chi connectivity index (χ2n) is 7.53. The number of rotatable bonds is 8. The van der Waals surface area contributed by atoms with Gasteiger partial charge in [-0.1, -0.05) is 6.07 Å². The highest BCUT2D eigenvalue weighted by Crippen LogP contribution is 2.25. The lowest BCUT2D eigenvalue weighted by atomic mass is 10.2. The number of nitrogens with zero attached hydrogens (tertiary/aromatic N) is 3. The maximum atomic E-state index is 13.4. The van der Waals surface area contributed by atoms with Crippen molar-refractivity contribution < 1.29 is 9.18 Å². The standard InChI is InChI=1S/C23H24BrFN6O/c24-20-15-27-23(30-21(20)28-19-5-3-4-17(25)14-19)29-18-8-6-16(7-9-18)22(32)26-10-13-31-11-1-2-12-31/h3-9,14-15H,1-2,10-13H2,(H,26,32)(H2,27,28,29,30). The molecule has 1 aliphatic heterocycles. The molecular formula is C23H24BrFN6O. The summed E-state index contributed by atoms with van der Waals surface area (Å²) in [7, 11) is 0. The van der Waals surface area contributed by atoms with E-state index in [9.17, 15) is 9.18 Å². The number of likely N-dealkylation sites (tertiary alicyclic amines) is 1. The first-order valence-electron chi connectivity index (χ1n) is 10.5. The maximum absolute atomic E-state index is 13.4. The second kappa shape index (κ2) is 10.5. The molecule has 0 aliphatic carbocycles.